The fourth-order valence-electron chi connectivity index (χ4n) is 4.69. The molecule has 2 saturated carbocycles. The molecule has 3 aliphatic rings. The summed E-state index contributed by atoms with van der Waals surface area (Å²) in [5.74, 6) is 0.703. The molecule has 7 nitrogen and oxygen atoms in total. The number of sulfonamides is 1. The molecule has 0 atom stereocenters. The number of nitrogens with zero attached hydrogens (tertiary/aromatic N) is 1. The third kappa shape index (κ3) is 3.19. The minimum atomic E-state index is -3.63. The van der Waals surface area contributed by atoms with Gasteiger partial charge in [-0.2, -0.15) is 0 Å². The first-order valence-corrected chi connectivity index (χ1v) is 11.4. The van der Waals surface area contributed by atoms with E-state index in [1.807, 2.05) is 12.1 Å². The maximum Gasteiger partial charge on any atom is 0.227 e. The number of rotatable bonds is 7. The summed E-state index contributed by atoms with van der Waals surface area (Å²) >= 11 is 0. The first-order chi connectivity index (χ1) is 13.8. The number of primary sulfonamides is 1. The van der Waals surface area contributed by atoms with Crippen LogP contribution in [0, 0.1) is 5.41 Å². The molecule has 2 fully saturated rings. The van der Waals surface area contributed by atoms with Crippen LogP contribution in [0.1, 0.15) is 42.6 Å². The molecule has 1 aliphatic heterocycles. The lowest BCUT2D eigenvalue weighted by atomic mass is 10.0. The Morgan fingerprint density at radius 2 is 1.76 bits per heavy atom. The summed E-state index contributed by atoms with van der Waals surface area (Å²) in [4.78, 5) is 14.7. The van der Waals surface area contributed by atoms with Gasteiger partial charge in [-0.3, -0.25) is 9.69 Å². The maximum atomic E-state index is 12.5. The largest absolute Gasteiger partial charge is 0.486 e. The standard InChI is InChI=1S/C21H24N2O5S/c22-29(25,26)21(7-8-21)20(5-6-20)14-28-19-13-27-17(9-18(19)24)12-23-10-15-3-1-2-4-16(15)11-23/h1-4,9,13H,5-8,10-12,14H2,(H2,22,25,26). The molecular weight excluding hydrogens is 392 g/mol. The van der Waals surface area contributed by atoms with E-state index in [2.05, 4.69) is 17.0 Å². The number of hydrogen-bond donors (Lipinski definition) is 1. The molecule has 0 spiro atoms. The number of benzene rings is 1. The van der Waals surface area contributed by atoms with Crippen molar-refractivity contribution >= 4 is 10.0 Å². The lowest BCUT2D eigenvalue weighted by Gasteiger charge is -2.24. The van der Waals surface area contributed by atoms with Gasteiger partial charge in [0.2, 0.25) is 21.2 Å². The van der Waals surface area contributed by atoms with E-state index in [1.54, 1.807) is 0 Å². The smallest absolute Gasteiger partial charge is 0.227 e. The van der Waals surface area contributed by atoms with Gasteiger partial charge in [-0.1, -0.05) is 24.3 Å². The summed E-state index contributed by atoms with van der Waals surface area (Å²) in [6.45, 7) is 2.38. The lowest BCUT2D eigenvalue weighted by Crippen LogP contribution is -2.41. The van der Waals surface area contributed by atoms with E-state index in [-0.39, 0.29) is 17.8 Å². The topological polar surface area (TPSA) is 103 Å². The van der Waals surface area contributed by atoms with Gasteiger partial charge >= 0.3 is 0 Å². The normalized spacial score (nSPS) is 21.6. The van der Waals surface area contributed by atoms with Crippen molar-refractivity contribution < 1.29 is 17.6 Å². The molecule has 2 aliphatic carbocycles. The van der Waals surface area contributed by atoms with E-state index in [0.29, 0.717) is 25.1 Å². The van der Waals surface area contributed by atoms with Crippen molar-refractivity contribution in [2.75, 3.05) is 6.61 Å². The Morgan fingerprint density at radius 1 is 1.10 bits per heavy atom. The fraction of sp³-hybridized carbons (Fsp3) is 0.476. The Bertz CT molecular complexity index is 1090. The van der Waals surface area contributed by atoms with Crippen molar-refractivity contribution in [3.63, 3.8) is 0 Å². The molecule has 0 saturated heterocycles. The van der Waals surface area contributed by atoms with Crippen LogP contribution in [-0.4, -0.2) is 24.7 Å². The van der Waals surface area contributed by atoms with Crippen LogP contribution in [0.5, 0.6) is 5.75 Å². The molecular formula is C21H24N2O5S. The van der Waals surface area contributed by atoms with Crippen molar-refractivity contribution in [3.05, 3.63) is 63.7 Å². The fourth-order valence-corrected chi connectivity index (χ4v) is 6.23. The summed E-state index contributed by atoms with van der Waals surface area (Å²) < 4.78 is 34.5. The average molecular weight is 416 g/mol. The molecule has 2 N–H and O–H groups in total. The van der Waals surface area contributed by atoms with Gasteiger partial charge in [0.15, 0.2) is 0 Å². The van der Waals surface area contributed by atoms with Crippen LogP contribution in [-0.2, 0) is 29.7 Å². The zero-order valence-corrected chi connectivity index (χ0v) is 16.9. The minimum Gasteiger partial charge on any atom is -0.486 e. The predicted octanol–water partition coefficient (Wildman–Crippen LogP) is 2.14. The van der Waals surface area contributed by atoms with Crippen molar-refractivity contribution in [1.82, 2.24) is 4.90 Å². The molecule has 154 valence electrons. The average Bonchev–Trinajstić information content (AvgIpc) is 3.56. The molecule has 1 aromatic heterocycles. The Hall–Kier alpha value is -2.16. The van der Waals surface area contributed by atoms with E-state index >= 15 is 0 Å². The van der Waals surface area contributed by atoms with Gasteiger partial charge in [0, 0.05) is 24.6 Å². The highest BCUT2D eigenvalue weighted by Crippen LogP contribution is 2.67. The summed E-state index contributed by atoms with van der Waals surface area (Å²) in [6, 6.07) is 9.75. The van der Waals surface area contributed by atoms with Crippen LogP contribution >= 0.6 is 0 Å². The zero-order valence-electron chi connectivity index (χ0n) is 16.1. The van der Waals surface area contributed by atoms with Gasteiger partial charge in [0.1, 0.15) is 12.0 Å². The highest BCUT2D eigenvalue weighted by molar-refractivity contribution is 7.90. The molecule has 5 rings (SSSR count). The molecule has 0 amide bonds. The van der Waals surface area contributed by atoms with Gasteiger partial charge < -0.3 is 9.15 Å². The lowest BCUT2D eigenvalue weighted by molar-refractivity contribution is 0.209. The Labute approximate surface area is 169 Å². The second kappa shape index (κ2) is 6.42. The zero-order chi connectivity index (χ0) is 20.3. The van der Waals surface area contributed by atoms with Crippen molar-refractivity contribution in [2.24, 2.45) is 10.6 Å². The van der Waals surface area contributed by atoms with Crippen molar-refractivity contribution in [1.29, 1.82) is 0 Å². The molecule has 8 heteroatoms. The molecule has 2 aromatic rings. The number of ether oxygens (including phenoxy) is 1. The SMILES string of the molecule is NS(=O)(=O)C1(C2(COc3coc(CN4Cc5ccccc5C4)cc3=O)CC2)CC1. The van der Waals surface area contributed by atoms with E-state index in [9.17, 15) is 13.2 Å². The highest BCUT2D eigenvalue weighted by atomic mass is 32.2. The quantitative estimate of drug-likeness (QED) is 0.742. The van der Waals surface area contributed by atoms with E-state index in [0.717, 1.165) is 25.9 Å². The summed E-state index contributed by atoms with van der Waals surface area (Å²) in [5, 5.41) is 5.46. The van der Waals surface area contributed by atoms with Crippen LogP contribution in [0.4, 0.5) is 0 Å². The Balaban J connectivity index is 1.24. The van der Waals surface area contributed by atoms with Crippen molar-refractivity contribution in [2.45, 2.75) is 50.1 Å². The first kappa shape index (κ1) is 18.8. The van der Waals surface area contributed by atoms with Crippen LogP contribution in [0.3, 0.4) is 0 Å². The first-order valence-electron chi connectivity index (χ1n) is 9.88. The third-order valence-corrected chi connectivity index (χ3v) is 8.64. The van der Waals surface area contributed by atoms with Gasteiger partial charge in [0.05, 0.1) is 17.9 Å². The number of nitrogens with two attached hydrogens (primary N) is 1. The second-order valence-corrected chi connectivity index (χ2v) is 10.5. The molecule has 1 aromatic carbocycles. The third-order valence-electron chi connectivity index (χ3n) is 6.71. The number of hydrogen-bond acceptors (Lipinski definition) is 6. The molecule has 0 bridgehead atoms. The highest BCUT2D eigenvalue weighted by Gasteiger charge is 2.72. The monoisotopic (exact) mass is 416 g/mol. The van der Waals surface area contributed by atoms with E-state index in [1.165, 1.54) is 23.5 Å². The van der Waals surface area contributed by atoms with Gasteiger partial charge in [0.25, 0.3) is 0 Å². The van der Waals surface area contributed by atoms with Crippen LogP contribution in [0.2, 0.25) is 0 Å². The van der Waals surface area contributed by atoms with Crippen LogP contribution in [0.25, 0.3) is 0 Å². The maximum absolute atomic E-state index is 12.5. The minimum absolute atomic E-state index is 0.120. The van der Waals surface area contributed by atoms with Gasteiger partial charge in [-0.15, -0.1) is 0 Å². The number of fused-ring (bicyclic) bond motifs is 1. The van der Waals surface area contributed by atoms with Crippen LogP contribution < -0.4 is 15.3 Å². The molecule has 0 radical (unpaired) electrons. The second-order valence-electron chi connectivity index (χ2n) is 8.60. The van der Waals surface area contributed by atoms with Crippen LogP contribution in [0.15, 0.2) is 45.8 Å². The Morgan fingerprint density at radius 3 is 2.28 bits per heavy atom. The van der Waals surface area contributed by atoms with E-state index in [4.69, 9.17) is 14.3 Å². The van der Waals surface area contributed by atoms with E-state index < -0.39 is 20.2 Å². The van der Waals surface area contributed by atoms with Gasteiger partial charge in [-0.25, -0.2) is 13.6 Å². The van der Waals surface area contributed by atoms with Crippen molar-refractivity contribution in [3.8, 4) is 5.75 Å². The molecule has 2 heterocycles. The predicted molar refractivity (Wildman–Crippen MR) is 107 cm³/mol. The summed E-state index contributed by atoms with van der Waals surface area (Å²) in [5.41, 5.74) is 1.88. The summed E-state index contributed by atoms with van der Waals surface area (Å²) in [6.07, 6.45) is 3.99. The summed E-state index contributed by atoms with van der Waals surface area (Å²) in [7, 11) is -3.63. The Kier molecular flexibility index (Phi) is 4.17. The molecule has 0 unspecified atom stereocenters. The molecule has 29 heavy (non-hydrogen) atoms. The van der Waals surface area contributed by atoms with Gasteiger partial charge in [-0.05, 0) is 36.8 Å².